The summed E-state index contributed by atoms with van der Waals surface area (Å²) in [5.74, 6) is -1.09. The van der Waals surface area contributed by atoms with Crippen molar-refractivity contribution in [2.24, 2.45) is 0 Å². The summed E-state index contributed by atoms with van der Waals surface area (Å²) >= 11 is 0. The van der Waals surface area contributed by atoms with Crippen LogP contribution in [-0.4, -0.2) is 17.9 Å². The van der Waals surface area contributed by atoms with Gasteiger partial charge in [-0.25, -0.2) is 4.39 Å². The number of nitrogens with one attached hydrogen (secondary N) is 2. The number of hydrogen-bond acceptors (Lipinski definition) is 4. The summed E-state index contributed by atoms with van der Waals surface area (Å²) in [7, 11) is 0. The van der Waals surface area contributed by atoms with Gasteiger partial charge in [0.25, 0.3) is 11.8 Å². The highest BCUT2D eigenvalue weighted by Gasteiger charge is 2.25. The number of ether oxygens (including phenoxy) is 1. The van der Waals surface area contributed by atoms with E-state index in [0.717, 1.165) is 0 Å². The fraction of sp³-hybridized carbons (Fsp3) is 0.0833. The summed E-state index contributed by atoms with van der Waals surface area (Å²) in [4.78, 5) is 25.6. The molecular weight excluding hydrogens is 399 g/mol. The molecule has 0 bridgehead atoms. The number of halogens is 1. The van der Waals surface area contributed by atoms with Gasteiger partial charge in [-0.15, -0.1) is 0 Å². The van der Waals surface area contributed by atoms with E-state index < -0.39 is 23.7 Å². The highest BCUT2D eigenvalue weighted by Crippen LogP contribution is 2.32. The van der Waals surface area contributed by atoms with Crippen LogP contribution in [0.3, 0.4) is 0 Å². The fourth-order valence-corrected chi connectivity index (χ4v) is 3.07. The minimum absolute atomic E-state index is 0.0919. The molecule has 1 aromatic heterocycles. The minimum Gasteiger partial charge on any atom is -0.481 e. The van der Waals surface area contributed by atoms with Gasteiger partial charge >= 0.3 is 0 Å². The van der Waals surface area contributed by atoms with Crippen LogP contribution in [0.5, 0.6) is 5.75 Å². The Bertz CT molecular complexity index is 1240. The quantitative estimate of drug-likeness (QED) is 0.449. The van der Waals surface area contributed by atoms with E-state index >= 15 is 0 Å². The van der Waals surface area contributed by atoms with Gasteiger partial charge in [-0.3, -0.25) is 9.59 Å². The van der Waals surface area contributed by atoms with Gasteiger partial charge in [-0.2, -0.15) is 0 Å². The van der Waals surface area contributed by atoms with Gasteiger partial charge in [-0.1, -0.05) is 36.4 Å². The standard InChI is InChI=1S/C24H19FN2O4/c1-15(30-18-10-3-2-4-11-18)23(28)27-21-19-12-5-6-13-20(19)31-22(21)24(29)26-17-9-7-8-16(25)14-17/h2-15H,1H3,(H,26,29)(H,27,28)/t15-/m1/s1. The molecule has 1 heterocycles. The monoisotopic (exact) mass is 418 g/mol. The van der Waals surface area contributed by atoms with Crippen molar-refractivity contribution in [3.05, 3.63) is 90.4 Å². The van der Waals surface area contributed by atoms with E-state index in [2.05, 4.69) is 10.6 Å². The van der Waals surface area contributed by atoms with Gasteiger partial charge in [0.15, 0.2) is 6.10 Å². The molecule has 2 N–H and O–H groups in total. The Labute approximate surface area is 177 Å². The van der Waals surface area contributed by atoms with Crippen LogP contribution in [0, 0.1) is 5.82 Å². The van der Waals surface area contributed by atoms with E-state index in [4.69, 9.17) is 9.15 Å². The number of carbonyl (C=O) groups is 2. The van der Waals surface area contributed by atoms with Gasteiger partial charge in [0.1, 0.15) is 22.8 Å². The normalized spacial score (nSPS) is 11.7. The Morgan fingerprint density at radius 2 is 1.68 bits per heavy atom. The van der Waals surface area contributed by atoms with E-state index in [0.29, 0.717) is 16.7 Å². The first kappa shape index (κ1) is 20.2. The molecule has 4 rings (SSSR count). The van der Waals surface area contributed by atoms with Gasteiger partial charge in [-0.05, 0) is 49.4 Å². The van der Waals surface area contributed by atoms with Crippen molar-refractivity contribution >= 4 is 34.2 Å². The van der Waals surface area contributed by atoms with Crippen molar-refractivity contribution in [1.82, 2.24) is 0 Å². The van der Waals surface area contributed by atoms with E-state index in [1.54, 1.807) is 61.5 Å². The van der Waals surface area contributed by atoms with Gasteiger partial charge < -0.3 is 19.8 Å². The summed E-state index contributed by atoms with van der Waals surface area (Å²) in [5.41, 5.74) is 0.917. The second-order valence-corrected chi connectivity index (χ2v) is 6.83. The number of para-hydroxylation sites is 2. The van der Waals surface area contributed by atoms with Crippen molar-refractivity contribution in [2.75, 3.05) is 10.6 Å². The molecule has 0 unspecified atom stereocenters. The van der Waals surface area contributed by atoms with E-state index in [1.807, 2.05) is 6.07 Å². The Kier molecular flexibility index (Phi) is 5.66. The second-order valence-electron chi connectivity index (χ2n) is 6.83. The van der Waals surface area contributed by atoms with Crippen molar-refractivity contribution in [3.8, 4) is 5.75 Å². The number of carbonyl (C=O) groups excluding carboxylic acids is 2. The topological polar surface area (TPSA) is 80.6 Å². The largest absolute Gasteiger partial charge is 0.481 e. The van der Waals surface area contributed by atoms with Gasteiger partial charge in [0.2, 0.25) is 5.76 Å². The molecular formula is C24H19FN2O4. The first-order valence-electron chi connectivity index (χ1n) is 9.62. The summed E-state index contributed by atoms with van der Waals surface area (Å²) in [6.07, 6.45) is -0.824. The average Bonchev–Trinajstić information content (AvgIpc) is 3.13. The number of benzene rings is 3. The molecule has 0 aliphatic heterocycles. The molecule has 156 valence electrons. The summed E-state index contributed by atoms with van der Waals surface area (Å²) in [6, 6.07) is 21.4. The Hall–Kier alpha value is -4.13. The van der Waals surface area contributed by atoms with E-state index in [-0.39, 0.29) is 17.1 Å². The molecule has 0 saturated carbocycles. The summed E-state index contributed by atoms with van der Waals surface area (Å²) < 4.78 is 24.8. The number of anilines is 2. The van der Waals surface area contributed by atoms with Crippen LogP contribution in [0.25, 0.3) is 11.0 Å². The SMILES string of the molecule is C[C@@H](Oc1ccccc1)C(=O)Nc1c(C(=O)Nc2cccc(F)c2)oc2ccccc12. The molecule has 0 radical (unpaired) electrons. The zero-order chi connectivity index (χ0) is 21.8. The smallest absolute Gasteiger partial charge is 0.293 e. The molecule has 4 aromatic rings. The highest BCUT2D eigenvalue weighted by molar-refractivity contribution is 6.14. The lowest BCUT2D eigenvalue weighted by molar-refractivity contribution is -0.122. The van der Waals surface area contributed by atoms with Crippen LogP contribution < -0.4 is 15.4 Å². The maximum absolute atomic E-state index is 13.5. The lowest BCUT2D eigenvalue weighted by Gasteiger charge is -2.15. The van der Waals surface area contributed by atoms with Crippen LogP contribution >= 0.6 is 0 Å². The molecule has 6 nitrogen and oxygen atoms in total. The molecule has 0 aliphatic rings. The van der Waals surface area contributed by atoms with Crippen molar-refractivity contribution in [2.45, 2.75) is 13.0 Å². The molecule has 31 heavy (non-hydrogen) atoms. The number of furan rings is 1. The fourth-order valence-electron chi connectivity index (χ4n) is 3.07. The third-order valence-electron chi connectivity index (χ3n) is 4.56. The molecule has 0 saturated heterocycles. The van der Waals surface area contributed by atoms with Crippen molar-refractivity contribution in [1.29, 1.82) is 0 Å². The third kappa shape index (κ3) is 4.56. The molecule has 0 aliphatic carbocycles. The van der Waals surface area contributed by atoms with Gasteiger partial charge in [0.05, 0.1) is 0 Å². The predicted molar refractivity (Wildman–Crippen MR) is 116 cm³/mol. The van der Waals surface area contributed by atoms with Crippen molar-refractivity contribution in [3.63, 3.8) is 0 Å². The first-order chi connectivity index (χ1) is 15.0. The number of fused-ring (bicyclic) bond motifs is 1. The summed E-state index contributed by atoms with van der Waals surface area (Å²) in [5, 5.41) is 5.89. The van der Waals surface area contributed by atoms with Crippen molar-refractivity contribution < 1.29 is 23.1 Å². The minimum atomic E-state index is -0.824. The first-order valence-corrected chi connectivity index (χ1v) is 9.62. The number of hydrogen-bond donors (Lipinski definition) is 2. The van der Waals surface area contributed by atoms with Crippen LogP contribution in [0.4, 0.5) is 15.8 Å². The van der Waals surface area contributed by atoms with Gasteiger partial charge in [0, 0.05) is 11.1 Å². The van der Waals surface area contributed by atoms with E-state index in [9.17, 15) is 14.0 Å². The number of amides is 2. The second kappa shape index (κ2) is 8.71. The maximum atomic E-state index is 13.5. The summed E-state index contributed by atoms with van der Waals surface area (Å²) in [6.45, 7) is 1.61. The number of rotatable bonds is 6. The zero-order valence-electron chi connectivity index (χ0n) is 16.6. The third-order valence-corrected chi connectivity index (χ3v) is 4.56. The predicted octanol–water partition coefficient (Wildman–Crippen LogP) is 5.23. The van der Waals surface area contributed by atoms with E-state index in [1.165, 1.54) is 18.2 Å². The molecule has 0 spiro atoms. The Morgan fingerprint density at radius 1 is 0.935 bits per heavy atom. The van der Waals surface area contributed by atoms with Crippen LogP contribution in [0.1, 0.15) is 17.5 Å². The molecule has 2 amide bonds. The zero-order valence-corrected chi connectivity index (χ0v) is 16.6. The molecule has 0 fully saturated rings. The van der Waals surface area contributed by atoms with Crippen LogP contribution in [0.2, 0.25) is 0 Å². The Balaban J connectivity index is 1.60. The lowest BCUT2D eigenvalue weighted by atomic mass is 10.2. The lowest BCUT2D eigenvalue weighted by Crippen LogP contribution is -2.30. The molecule has 7 heteroatoms. The molecule has 1 atom stereocenters. The maximum Gasteiger partial charge on any atom is 0.293 e. The van der Waals surface area contributed by atoms with Crippen LogP contribution in [0.15, 0.2) is 83.3 Å². The highest BCUT2D eigenvalue weighted by atomic mass is 19.1. The average molecular weight is 418 g/mol. The Morgan fingerprint density at radius 3 is 2.45 bits per heavy atom. The van der Waals surface area contributed by atoms with Crippen LogP contribution in [-0.2, 0) is 4.79 Å². The molecule has 3 aromatic carbocycles.